The van der Waals surface area contributed by atoms with E-state index >= 15 is 0 Å². The van der Waals surface area contributed by atoms with E-state index in [1.807, 2.05) is 0 Å². The number of halogens is 2. The fourth-order valence-electron chi connectivity index (χ4n) is 2.25. The summed E-state index contributed by atoms with van der Waals surface area (Å²) in [6.45, 7) is 0. The van der Waals surface area contributed by atoms with Crippen LogP contribution in [0.4, 0.5) is 0 Å². The molecular formula is C15H17Cl2N3OS. The Morgan fingerprint density at radius 2 is 1.95 bits per heavy atom. The van der Waals surface area contributed by atoms with Crippen LogP contribution in [0.2, 0.25) is 10.0 Å². The summed E-state index contributed by atoms with van der Waals surface area (Å²) in [6.07, 6.45) is 7.66. The molecule has 0 aromatic heterocycles. The molecule has 22 heavy (non-hydrogen) atoms. The first kappa shape index (κ1) is 17.1. The van der Waals surface area contributed by atoms with Gasteiger partial charge in [-0.2, -0.15) is 0 Å². The van der Waals surface area contributed by atoms with Crippen LogP contribution in [0.15, 0.2) is 24.3 Å². The number of carbonyl (C=O) groups is 1. The van der Waals surface area contributed by atoms with Gasteiger partial charge in [0.15, 0.2) is 5.11 Å². The molecule has 0 aliphatic heterocycles. The predicted molar refractivity (Wildman–Crippen MR) is 94.8 cm³/mol. The number of amides is 1. The highest BCUT2D eigenvalue weighted by Crippen LogP contribution is 2.21. The van der Waals surface area contributed by atoms with Gasteiger partial charge in [0.25, 0.3) is 5.91 Å². The Kier molecular flexibility index (Phi) is 6.49. The highest BCUT2D eigenvalue weighted by atomic mass is 35.5. The van der Waals surface area contributed by atoms with Crippen LogP contribution in [-0.2, 0) is 4.79 Å². The molecule has 0 unspecified atom stereocenters. The quantitative estimate of drug-likeness (QED) is 0.440. The summed E-state index contributed by atoms with van der Waals surface area (Å²) in [4.78, 5) is 11.7. The summed E-state index contributed by atoms with van der Waals surface area (Å²) >= 11 is 17.0. The van der Waals surface area contributed by atoms with Crippen LogP contribution in [0.5, 0.6) is 0 Å². The van der Waals surface area contributed by atoms with Crippen molar-refractivity contribution in [2.75, 3.05) is 0 Å². The van der Waals surface area contributed by atoms with E-state index in [0.29, 0.717) is 26.8 Å². The number of hydrogen-bond donors (Lipinski definition) is 3. The van der Waals surface area contributed by atoms with Crippen LogP contribution in [0.25, 0.3) is 6.08 Å². The molecule has 4 nitrogen and oxygen atoms in total. The number of nitrogens with one attached hydrogen (secondary N) is 3. The molecule has 7 heteroatoms. The second-order valence-electron chi connectivity index (χ2n) is 5.07. The van der Waals surface area contributed by atoms with Gasteiger partial charge in [-0.05, 0) is 48.8 Å². The standard InChI is InChI=1S/C15H17Cl2N3OS/c16-11-7-5-10(13(17)9-11)6-8-14(21)19-20-15(22)18-12-3-1-2-4-12/h5-9,12H,1-4H2,(H,19,21)(H2,18,20,22)/b8-6+. The molecule has 1 amide bonds. The number of carbonyl (C=O) groups excluding carboxylic acids is 1. The van der Waals surface area contributed by atoms with Gasteiger partial charge in [-0.15, -0.1) is 0 Å². The third-order valence-corrected chi connectivity index (χ3v) is 4.15. The fraction of sp³-hybridized carbons (Fsp3) is 0.333. The maximum Gasteiger partial charge on any atom is 0.262 e. The van der Waals surface area contributed by atoms with Gasteiger partial charge in [0, 0.05) is 22.2 Å². The highest BCUT2D eigenvalue weighted by molar-refractivity contribution is 7.80. The second-order valence-corrected chi connectivity index (χ2v) is 6.32. The summed E-state index contributed by atoms with van der Waals surface area (Å²) in [7, 11) is 0. The molecule has 1 aromatic carbocycles. The molecule has 0 atom stereocenters. The molecule has 1 aliphatic carbocycles. The van der Waals surface area contributed by atoms with Crippen LogP contribution in [0.3, 0.4) is 0 Å². The highest BCUT2D eigenvalue weighted by Gasteiger charge is 2.15. The smallest absolute Gasteiger partial charge is 0.262 e. The molecule has 1 aliphatic rings. The van der Waals surface area contributed by atoms with Crippen molar-refractivity contribution in [1.82, 2.24) is 16.2 Å². The normalized spacial score (nSPS) is 15.0. The zero-order valence-electron chi connectivity index (χ0n) is 11.9. The minimum Gasteiger partial charge on any atom is -0.359 e. The van der Waals surface area contributed by atoms with Crippen molar-refractivity contribution < 1.29 is 4.79 Å². The Bertz CT molecular complexity index is 586. The van der Waals surface area contributed by atoms with Crippen molar-refractivity contribution in [3.05, 3.63) is 39.9 Å². The topological polar surface area (TPSA) is 53.2 Å². The van der Waals surface area contributed by atoms with Crippen LogP contribution in [0, 0.1) is 0 Å². The molecule has 3 N–H and O–H groups in total. The van der Waals surface area contributed by atoms with E-state index in [0.717, 1.165) is 12.8 Å². The van der Waals surface area contributed by atoms with E-state index in [1.165, 1.54) is 18.9 Å². The van der Waals surface area contributed by atoms with Crippen molar-refractivity contribution >= 4 is 52.5 Å². The lowest BCUT2D eigenvalue weighted by molar-refractivity contribution is -0.116. The minimum absolute atomic E-state index is 0.318. The van der Waals surface area contributed by atoms with E-state index in [-0.39, 0.29) is 5.91 Å². The average Bonchev–Trinajstić information content (AvgIpc) is 2.97. The fourth-order valence-corrected chi connectivity index (χ4v) is 2.94. The van der Waals surface area contributed by atoms with Gasteiger partial charge in [-0.25, -0.2) is 0 Å². The lowest BCUT2D eigenvalue weighted by Gasteiger charge is -2.15. The maximum atomic E-state index is 11.7. The molecular weight excluding hydrogens is 341 g/mol. The number of benzene rings is 1. The molecule has 1 fully saturated rings. The third-order valence-electron chi connectivity index (χ3n) is 3.37. The van der Waals surface area contributed by atoms with Crippen LogP contribution in [0.1, 0.15) is 31.2 Å². The molecule has 1 aromatic rings. The van der Waals surface area contributed by atoms with Gasteiger partial charge >= 0.3 is 0 Å². The Labute approximate surface area is 145 Å². The second kappa shape index (κ2) is 8.36. The summed E-state index contributed by atoms with van der Waals surface area (Å²) in [5, 5.41) is 4.64. The number of hydrazine groups is 1. The Hall–Kier alpha value is -1.30. The van der Waals surface area contributed by atoms with Crippen molar-refractivity contribution in [2.24, 2.45) is 0 Å². The van der Waals surface area contributed by atoms with Crippen molar-refractivity contribution in [2.45, 2.75) is 31.7 Å². The van der Waals surface area contributed by atoms with Crippen LogP contribution in [-0.4, -0.2) is 17.1 Å². The Morgan fingerprint density at radius 1 is 1.23 bits per heavy atom. The largest absolute Gasteiger partial charge is 0.359 e. The van der Waals surface area contributed by atoms with E-state index in [9.17, 15) is 4.79 Å². The monoisotopic (exact) mass is 357 g/mol. The average molecular weight is 358 g/mol. The zero-order valence-corrected chi connectivity index (χ0v) is 14.2. The summed E-state index contributed by atoms with van der Waals surface area (Å²) in [6, 6.07) is 5.48. The van der Waals surface area contributed by atoms with Crippen molar-refractivity contribution in [3.63, 3.8) is 0 Å². The van der Waals surface area contributed by atoms with E-state index in [4.69, 9.17) is 35.4 Å². The summed E-state index contributed by atoms with van der Waals surface area (Å²) in [5.74, 6) is -0.318. The van der Waals surface area contributed by atoms with Gasteiger partial charge in [-0.1, -0.05) is 42.1 Å². The first-order valence-corrected chi connectivity index (χ1v) is 8.20. The molecule has 118 valence electrons. The summed E-state index contributed by atoms with van der Waals surface area (Å²) < 4.78 is 0. The van der Waals surface area contributed by atoms with E-state index < -0.39 is 0 Å². The van der Waals surface area contributed by atoms with Crippen molar-refractivity contribution in [3.8, 4) is 0 Å². The molecule has 0 radical (unpaired) electrons. The zero-order chi connectivity index (χ0) is 15.9. The predicted octanol–water partition coefficient (Wildman–Crippen LogP) is 3.44. The van der Waals surface area contributed by atoms with Gasteiger partial charge in [0.2, 0.25) is 0 Å². The van der Waals surface area contributed by atoms with Gasteiger partial charge in [0.1, 0.15) is 0 Å². The molecule has 1 saturated carbocycles. The molecule has 0 spiro atoms. The number of hydrogen-bond acceptors (Lipinski definition) is 2. The first-order valence-electron chi connectivity index (χ1n) is 7.04. The molecule has 0 bridgehead atoms. The van der Waals surface area contributed by atoms with Gasteiger partial charge in [-0.3, -0.25) is 15.6 Å². The van der Waals surface area contributed by atoms with Gasteiger partial charge < -0.3 is 5.32 Å². The van der Waals surface area contributed by atoms with Crippen LogP contribution < -0.4 is 16.2 Å². The first-order chi connectivity index (χ1) is 10.5. The maximum absolute atomic E-state index is 11.7. The number of thiocarbonyl (C=S) groups is 1. The van der Waals surface area contributed by atoms with E-state index in [2.05, 4.69) is 16.2 Å². The van der Waals surface area contributed by atoms with Gasteiger partial charge in [0.05, 0.1) is 0 Å². The van der Waals surface area contributed by atoms with E-state index in [1.54, 1.807) is 24.3 Å². The van der Waals surface area contributed by atoms with Crippen LogP contribution >= 0.6 is 35.4 Å². The minimum atomic E-state index is -0.318. The summed E-state index contributed by atoms with van der Waals surface area (Å²) in [5.41, 5.74) is 5.91. The third kappa shape index (κ3) is 5.48. The molecule has 0 saturated heterocycles. The lowest BCUT2D eigenvalue weighted by Crippen LogP contribution is -2.48. The Morgan fingerprint density at radius 3 is 2.64 bits per heavy atom. The molecule has 0 heterocycles. The Balaban J connectivity index is 1.77. The molecule has 2 rings (SSSR count). The lowest BCUT2D eigenvalue weighted by atomic mass is 10.2. The van der Waals surface area contributed by atoms with Crippen molar-refractivity contribution in [1.29, 1.82) is 0 Å². The number of rotatable bonds is 3. The SMILES string of the molecule is O=C(/C=C/c1ccc(Cl)cc1Cl)NNC(=S)NC1CCCC1.